The average Bonchev–Trinajstić information content (AvgIpc) is 3.06. The molecule has 7 nitrogen and oxygen atoms in total. The Morgan fingerprint density at radius 1 is 0.826 bits per heavy atom. The molecule has 4 rings (SSSR count). The van der Waals surface area contributed by atoms with Gasteiger partial charge in [-0.15, -0.1) is 0 Å². The van der Waals surface area contributed by atoms with Crippen LogP contribution in [0.15, 0.2) is 108 Å². The van der Waals surface area contributed by atoms with E-state index >= 15 is 0 Å². The van der Waals surface area contributed by atoms with Gasteiger partial charge in [-0.05, 0) is 72.9 Å². The molecule has 4 aromatic rings. The first-order chi connectivity index (χ1) is 22.0. The van der Waals surface area contributed by atoms with Crippen LogP contribution in [-0.4, -0.2) is 43.8 Å². The van der Waals surface area contributed by atoms with Gasteiger partial charge < -0.3 is 10.2 Å². The molecule has 0 radical (unpaired) electrons. The van der Waals surface area contributed by atoms with Crippen LogP contribution < -0.4 is 9.62 Å². The van der Waals surface area contributed by atoms with Gasteiger partial charge in [0.15, 0.2) is 0 Å². The number of carbonyl (C=O) groups is 2. The highest BCUT2D eigenvalue weighted by Crippen LogP contribution is 2.27. The average molecular weight is 681 g/mol. The smallest absolute Gasteiger partial charge is 0.264 e. The van der Waals surface area contributed by atoms with Crippen molar-refractivity contribution >= 4 is 50.7 Å². The fourth-order valence-corrected chi connectivity index (χ4v) is 6.88. The Morgan fingerprint density at radius 2 is 1.46 bits per heavy atom. The molecule has 2 atom stereocenters. The first-order valence-corrected chi connectivity index (χ1v) is 17.5. The Kier molecular flexibility index (Phi) is 12.3. The van der Waals surface area contributed by atoms with Gasteiger partial charge in [0.05, 0.1) is 10.6 Å². The number of sulfonamides is 1. The number of rotatable bonds is 14. The number of aryl methyl sites for hydroxylation is 1. The van der Waals surface area contributed by atoms with Gasteiger partial charge in [-0.25, -0.2) is 8.42 Å². The van der Waals surface area contributed by atoms with E-state index in [0.717, 1.165) is 21.9 Å². The molecule has 0 saturated heterocycles. The first kappa shape index (κ1) is 35.0. The number of halogens is 2. The van der Waals surface area contributed by atoms with Crippen molar-refractivity contribution in [1.82, 2.24) is 10.2 Å². The number of benzene rings is 4. The SMILES string of the molecule is CCc1ccc(N(CC(=O)N(Cc2ccc(Cl)cc2Cl)[C@H](Cc2ccccc2)C(=O)N[C@H](C)CC)S(=O)(=O)c2ccccc2)cc1. The molecule has 0 aliphatic carbocycles. The maximum atomic E-state index is 14.6. The summed E-state index contributed by atoms with van der Waals surface area (Å²) in [4.78, 5) is 30.0. The van der Waals surface area contributed by atoms with Crippen LogP contribution >= 0.6 is 23.2 Å². The number of carbonyl (C=O) groups excluding carboxylic acids is 2. The lowest BCUT2D eigenvalue weighted by molar-refractivity contribution is -0.140. The van der Waals surface area contributed by atoms with Crippen LogP contribution in [0, 0.1) is 0 Å². The van der Waals surface area contributed by atoms with E-state index in [1.54, 1.807) is 48.5 Å². The third kappa shape index (κ3) is 8.90. The van der Waals surface area contributed by atoms with E-state index in [2.05, 4.69) is 5.32 Å². The number of nitrogens with one attached hydrogen (secondary N) is 1. The third-order valence-electron chi connectivity index (χ3n) is 7.87. The van der Waals surface area contributed by atoms with Crippen molar-refractivity contribution in [3.63, 3.8) is 0 Å². The standard InChI is InChI=1S/C36H39Cl2N3O4S/c1-4-26(3)39-36(43)34(22-28-12-8-6-9-13-28)40(24-29-18-19-30(37)23-33(29)38)35(42)25-41(31-20-16-27(5-2)17-21-31)46(44,45)32-14-10-7-11-15-32/h6-21,23,26,34H,4-5,22,24-25H2,1-3H3,(H,39,43)/t26-,34-/m1/s1. The number of hydrogen-bond acceptors (Lipinski definition) is 4. The van der Waals surface area contributed by atoms with Crippen molar-refractivity contribution in [1.29, 1.82) is 0 Å². The fraction of sp³-hybridized carbons (Fsp3) is 0.278. The van der Waals surface area contributed by atoms with Crippen molar-refractivity contribution in [2.24, 2.45) is 0 Å². The molecule has 0 heterocycles. The predicted molar refractivity (Wildman–Crippen MR) is 186 cm³/mol. The fourth-order valence-electron chi connectivity index (χ4n) is 4.97. The van der Waals surface area contributed by atoms with Crippen LogP contribution in [0.3, 0.4) is 0 Å². The summed E-state index contributed by atoms with van der Waals surface area (Å²) in [7, 11) is -4.17. The Hall–Kier alpha value is -3.85. The third-order valence-corrected chi connectivity index (χ3v) is 10.2. The van der Waals surface area contributed by atoms with E-state index in [-0.39, 0.29) is 29.8 Å². The molecule has 10 heteroatoms. The molecule has 0 fully saturated rings. The Labute approximate surface area is 282 Å². The van der Waals surface area contributed by atoms with E-state index < -0.39 is 28.5 Å². The van der Waals surface area contributed by atoms with Gasteiger partial charge in [-0.2, -0.15) is 0 Å². The van der Waals surface area contributed by atoms with Crippen LogP contribution in [0.2, 0.25) is 10.0 Å². The zero-order valence-corrected chi connectivity index (χ0v) is 28.5. The number of anilines is 1. The van der Waals surface area contributed by atoms with Crippen molar-refractivity contribution in [2.45, 2.75) is 63.6 Å². The summed E-state index contributed by atoms with van der Waals surface area (Å²) in [6, 6.07) is 28.3. The normalized spacial score (nSPS) is 12.6. The highest BCUT2D eigenvalue weighted by atomic mass is 35.5. The summed E-state index contributed by atoms with van der Waals surface area (Å²) < 4.78 is 29.3. The van der Waals surface area contributed by atoms with E-state index in [1.165, 1.54) is 17.0 Å². The summed E-state index contributed by atoms with van der Waals surface area (Å²) in [5.41, 5.74) is 2.77. The quantitative estimate of drug-likeness (QED) is 0.151. The molecular weight excluding hydrogens is 641 g/mol. The lowest BCUT2D eigenvalue weighted by Crippen LogP contribution is -2.54. The molecule has 1 N–H and O–H groups in total. The first-order valence-electron chi connectivity index (χ1n) is 15.3. The number of amides is 2. The molecule has 0 spiro atoms. The predicted octanol–water partition coefficient (Wildman–Crippen LogP) is 7.31. The highest BCUT2D eigenvalue weighted by molar-refractivity contribution is 7.92. The minimum atomic E-state index is -4.17. The van der Waals surface area contributed by atoms with E-state index in [4.69, 9.17) is 23.2 Å². The van der Waals surface area contributed by atoms with E-state index in [0.29, 0.717) is 27.7 Å². The second-order valence-electron chi connectivity index (χ2n) is 11.1. The maximum Gasteiger partial charge on any atom is 0.264 e. The molecule has 0 saturated carbocycles. The Morgan fingerprint density at radius 3 is 2.04 bits per heavy atom. The van der Waals surface area contributed by atoms with Gasteiger partial charge >= 0.3 is 0 Å². The Balaban J connectivity index is 1.82. The molecule has 4 aromatic carbocycles. The number of hydrogen-bond donors (Lipinski definition) is 1. The van der Waals surface area contributed by atoms with Crippen LogP contribution in [0.25, 0.3) is 0 Å². The topological polar surface area (TPSA) is 86.8 Å². The molecule has 46 heavy (non-hydrogen) atoms. The van der Waals surface area contributed by atoms with Crippen LogP contribution in [0.1, 0.15) is 43.9 Å². The summed E-state index contributed by atoms with van der Waals surface area (Å²) in [5.74, 6) is -0.910. The molecule has 0 bridgehead atoms. The second-order valence-corrected chi connectivity index (χ2v) is 13.8. The van der Waals surface area contributed by atoms with Gasteiger partial charge in [-0.1, -0.05) is 104 Å². The highest BCUT2D eigenvalue weighted by Gasteiger charge is 2.35. The molecular formula is C36H39Cl2N3O4S. The van der Waals surface area contributed by atoms with Gasteiger partial charge in [0.1, 0.15) is 12.6 Å². The summed E-state index contributed by atoms with van der Waals surface area (Å²) in [6.07, 6.45) is 1.67. The van der Waals surface area contributed by atoms with Crippen molar-refractivity contribution in [3.8, 4) is 0 Å². The molecule has 2 amide bonds. The molecule has 0 aliphatic heterocycles. The molecule has 0 unspecified atom stereocenters. The summed E-state index contributed by atoms with van der Waals surface area (Å²) in [5, 5.41) is 3.79. The monoisotopic (exact) mass is 679 g/mol. The van der Waals surface area contributed by atoms with Gasteiger partial charge in [0.25, 0.3) is 10.0 Å². The lowest BCUT2D eigenvalue weighted by atomic mass is 10.0. The zero-order valence-electron chi connectivity index (χ0n) is 26.2. The van der Waals surface area contributed by atoms with Crippen molar-refractivity contribution in [2.75, 3.05) is 10.8 Å². The molecule has 0 aliphatic rings. The number of nitrogens with zero attached hydrogens (tertiary/aromatic N) is 2. The van der Waals surface area contributed by atoms with Crippen molar-refractivity contribution in [3.05, 3.63) is 130 Å². The van der Waals surface area contributed by atoms with Crippen LogP contribution in [0.5, 0.6) is 0 Å². The van der Waals surface area contributed by atoms with Crippen LogP contribution in [-0.2, 0) is 39.0 Å². The summed E-state index contributed by atoms with van der Waals surface area (Å²) in [6.45, 7) is 5.27. The van der Waals surface area contributed by atoms with Crippen LogP contribution in [0.4, 0.5) is 5.69 Å². The molecule has 242 valence electrons. The lowest BCUT2D eigenvalue weighted by Gasteiger charge is -2.34. The van der Waals surface area contributed by atoms with Gasteiger partial charge in [-0.3, -0.25) is 13.9 Å². The Bertz CT molecular complexity index is 1720. The maximum absolute atomic E-state index is 14.6. The summed E-state index contributed by atoms with van der Waals surface area (Å²) >= 11 is 12.8. The van der Waals surface area contributed by atoms with E-state index in [9.17, 15) is 18.0 Å². The van der Waals surface area contributed by atoms with Crippen molar-refractivity contribution < 1.29 is 18.0 Å². The largest absolute Gasteiger partial charge is 0.352 e. The van der Waals surface area contributed by atoms with E-state index in [1.807, 2.05) is 63.2 Å². The molecule has 0 aromatic heterocycles. The second kappa shape index (κ2) is 16.1. The van der Waals surface area contributed by atoms with Gasteiger partial charge in [0.2, 0.25) is 11.8 Å². The minimum absolute atomic E-state index is 0.0463. The minimum Gasteiger partial charge on any atom is -0.352 e. The van der Waals surface area contributed by atoms with Gasteiger partial charge in [0, 0.05) is 29.1 Å². The zero-order chi connectivity index (χ0) is 33.3.